The summed E-state index contributed by atoms with van der Waals surface area (Å²) in [7, 11) is 0. The number of hydrogen-bond donors (Lipinski definition) is 0. The number of rotatable bonds is 2. The van der Waals surface area contributed by atoms with Crippen LogP contribution >= 0.6 is 0 Å². The first-order valence-electron chi connectivity index (χ1n) is 7.13. The molecule has 1 saturated heterocycles. The van der Waals surface area contributed by atoms with Crippen LogP contribution in [0.4, 0.5) is 5.82 Å². The van der Waals surface area contributed by atoms with E-state index in [-0.39, 0.29) is 11.1 Å². The van der Waals surface area contributed by atoms with Gasteiger partial charge in [0.2, 0.25) is 0 Å². The second kappa shape index (κ2) is 5.80. The molecular formula is C16H16N4O. The minimum absolute atomic E-state index is 0.128. The Morgan fingerprint density at radius 3 is 2.48 bits per heavy atom. The van der Waals surface area contributed by atoms with E-state index in [4.69, 9.17) is 0 Å². The van der Waals surface area contributed by atoms with Crippen molar-refractivity contribution in [1.82, 2.24) is 9.55 Å². The van der Waals surface area contributed by atoms with Crippen LogP contribution in [0.1, 0.15) is 24.8 Å². The Labute approximate surface area is 123 Å². The lowest BCUT2D eigenvalue weighted by Crippen LogP contribution is -2.34. The molecule has 1 fully saturated rings. The van der Waals surface area contributed by atoms with Crippen LogP contribution in [0, 0.1) is 11.3 Å². The smallest absolute Gasteiger partial charge is 0.278 e. The Kier molecular flexibility index (Phi) is 3.69. The first-order chi connectivity index (χ1) is 10.3. The first-order valence-corrected chi connectivity index (χ1v) is 7.13. The predicted octanol–water partition coefficient (Wildman–Crippen LogP) is 2.09. The molecule has 1 aliphatic heterocycles. The van der Waals surface area contributed by atoms with Crippen molar-refractivity contribution in [2.45, 2.75) is 19.3 Å². The SMILES string of the molecule is N#Cc1c(N2CCCCC2)ncn(-c2ccccc2)c1=O. The van der Waals surface area contributed by atoms with Crippen molar-refractivity contribution in [3.8, 4) is 11.8 Å². The third kappa shape index (κ3) is 2.52. The van der Waals surface area contributed by atoms with Gasteiger partial charge >= 0.3 is 0 Å². The zero-order valence-corrected chi connectivity index (χ0v) is 11.7. The highest BCUT2D eigenvalue weighted by atomic mass is 16.1. The maximum Gasteiger partial charge on any atom is 0.278 e. The molecule has 0 aliphatic carbocycles. The fourth-order valence-electron chi connectivity index (χ4n) is 2.66. The Morgan fingerprint density at radius 1 is 1.10 bits per heavy atom. The van der Waals surface area contributed by atoms with Crippen LogP contribution < -0.4 is 10.5 Å². The quantitative estimate of drug-likeness (QED) is 0.845. The number of aromatic nitrogens is 2. The molecular weight excluding hydrogens is 264 g/mol. The molecule has 0 unspecified atom stereocenters. The number of para-hydroxylation sites is 1. The zero-order valence-electron chi connectivity index (χ0n) is 11.7. The van der Waals surface area contributed by atoms with Crippen LogP contribution in [0.5, 0.6) is 0 Å². The van der Waals surface area contributed by atoms with Crippen molar-refractivity contribution in [3.63, 3.8) is 0 Å². The molecule has 1 aliphatic rings. The topological polar surface area (TPSA) is 61.9 Å². The summed E-state index contributed by atoms with van der Waals surface area (Å²) in [5, 5.41) is 9.37. The van der Waals surface area contributed by atoms with Crippen molar-refractivity contribution in [1.29, 1.82) is 5.26 Å². The number of hydrogen-bond acceptors (Lipinski definition) is 4. The van der Waals surface area contributed by atoms with E-state index in [1.54, 1.807) is 0 Å². The van der Waals surface area contributed by atoms with Gasteiger partial charge in [-0.1, -0.05) is 18.2 Å². The van der Waals surface area contributed by atoms with E-state index in [0.717, 1.165) is 31.6 Å². The molecule has 0 spiro atoms. The molecule has 2 aromatic rings. The lowest BCUT2D eigenvalue weighted by Gasteiger charge is -2.28. The number of nitrogens with zero attached hydrogens (tertiary/aromatic N) is 4. The summed E-state index contributed by atoms with van der Waals surface area (Å²) in [4.78, 5) is 19.0. The number of benzene rings is 1. The minimum Gasteiger partial charge on any atom is -0.355 e. The summed E-state index contributed by atoms with van der Waals surface area (Å²) in [5.41, 5.74) is 0.541. The van der Waals surface area contributed by atoms with E-state index in [2.05, 4.69) is 4.98 Å². The van der Waals surface area contributed by atoms with Gasteiger partial charge in [-0.25, -0.2) is 4.98 Å². The first kappa shape index (κ1) is 13.4. The molecule has 1 aromatic carbocycles. The summed E-state index contributed by atoms with van der Waals surface area (Å²) in [5.74, 6) is 0.523. The van der Waals surface area contributed by atoms with Gasteiger partial charge in [0.15, 0.2) is 11.4 Å². The molecule has 1 aromatic heterocycles. The zero-order chi connectivity index (χ0) is 14.7. The molecule has 5 nitrogen and oxygen atoms in total. The summed E-state index contributed by atoms with van der Waals surface area (Å²) in [6, 6.07) is 11.3. The molecule has 0 radical (unpaired) electrons. The fraction of sp³-hybridized carbons (Fsp3) is 0.312. The predicted molar refractivity (Wildman–Crippen MR) is 80.6 cm³/mol. The monoisotopic (exact) mass is 280 g/mol. The molecule has 106 valence electrons. The third-order valence-electron chi connectivity index (χ3n) is 3.75. The maximum atomic E-state index is 12.5. The van der Waals surface area contributed by atoms with Crippen LogP contribution in [0.2, 0.25) is 0 Å². The van der Waals surface area contributed by atoms with E-state index in [1.165, 1.54) is 17.3 Å². The fourth-order valence-corrected chi connectivity index (χ4v) is 2.66. The molecule has 0 N–H and O–H groups in total. The summed E-state index contributed by atoms with van der Waals surface area (Å²) in [6.07, 6.45) is 4.87. The van der Waals surface area contributed by atoms with E-state index in [9.17, 15) is 10.1 Å². The largest absolute Gasteiger partial charge is 0.355 e. The van der Waals surface area contributed by atoms with E-state index in [0.29, 0.717) is 5.82 Å². The third-order valence-corrected chi connectivity index (χ3v) is 3.75. The lowest BCUT2D eigenvalue weighted by atomic mass is 10.1. The van der Waals surface area contributed by atoms with Crippen LogP contribution in [-0.4, -0.2) is 22.6 Å². The van der Waals surface area contributed by atoms with Crippen molar-refractivity contribution >= 4 is 5.82 Å². The van der Waals surface area contributed by atoms with Crippen LogP contribution in [0.25, 0.3) is 5.69 Å². The molecule has 0 saturated carbocycles. The number of anilines is 1. The number of nitriles is 1. The molecule has 3 rings (SSSR count). The second-order valence-electron chi connectivity index (χ2n) is 5.11. The molecule has 0 amide bonds. The Hall–Kier alpha value is -2.61. The van der Waals surface area contributed by atoms with Crippen molar-refractivity contribution < 1.29 is 0 Å². The Bertz CT molecular complexity index is 724. The molecule has 21 heavy (non-hydrogen) atoms. The van der Waals surface area contributed by atoms with Gasteiger partial charge in [-0.15, -0.1) is 0 Å². The number of piperidine rings is 1. The average molecular weight is 280 g/mol. The molecule has 5 heteroatoms. The van der Waals surface area contributed by atoms with Crippen molar-refractivity contribution in [2.24, 2.45) is 0 Å². The van der Waals surface area contributed by atoms with Gasteiger partial charge in [0.1, 0.15) is 12.4 Å². The van der Waals surface area contributed by atoms with Gasteiger partial charge in [-0.3, -0.25) is 9.36 Å². The van der Waals surface area contributed by atoms with Gasteiger partial charge in [-0.2, -0.15) is 5.26 Å². The maximum absolute atomic E-state index is 12.5. The highest BCUT2D eigenvalue weighted by Gasteiger charge is 2.19. The van der Waals surface area contributed by atoms with Gasteiger partial charge in [-0.05, 0) is 31.4 Å². The summed E-state index contributed by atoms with van der Waals surface area (Å²) >= 11 is 0. The van der Waals surface area contributed by atoms with E-state index in [1.807, 2.05) is 41.3 Å². The Morgan fingerprint density at radius 2 is 1.81 bits per heavy atom. The van der Waals surface area contributed by atoms with Gasteiger partial charge < -0.3 is 4.90 Å². The van der Waals surface area contributed by atoms with Crippen LogP contribution in [0.15, 0.2) is 41.5 Å². The van der Waals surface area contributed by atoms with Gasteiger partial charge in [0.25, 0.3) is 5.56 Å². The Balaban J connectivity index is 2.08. The van der Waals surface area contributed by atoms with Crippen LogP contribution in [-0.2, 0) is 0 Å². The van der Waals surface area contributed by atoms with Crippen molar-refractivity contribution in [3.05, 3.63) is 52.6 Å². The minimum atomic E-state index is -0.306. The highest BCUT2D eigenvalue weighted by Crippen LogP contribution is 2.19. The molecule has 0 atom stereocenters. The van der Waals surface area contributed by atoms with Crippen molar-refractivity contribution in [2.75, 3.05) is 18.0 Å². The summed E-state index contributed by atoms with van der Waals surface area (Å²) < 4.78 is 1.42. The normalized spacial score (nSPS) is 14.7. The van der Waals surface area contributed by atoms with Crippen LogP contribution in [0.3, 0.4) is 0 Å². The highest BCUT2D eigenvalue weighted by molar-refractivity contribution is 5.53. The summed E-state index contributed by atoms with van der Waals surface area (Å²) in [6.45, 7) is 1.72. The standard InChI is InChI=1S/C16H16N4O/c17-11-14-15(19-9-5-2-6-10-19)18-12-20(16(14)21)13-7-3-1-4-8-13/h1,3-4,7-8,12H,2,5-6,9-10H2. The molecule has 0 bridgehead atoms. The lowest BCUT2D eigenvalue weighted by molar-refractivity contribution is 0.571. The molecule has 2 heterocycles. The van der Waals surface area contributed by atoms with E-state index < -0.39 is 0 Å². The van der Waals surface area contributed by atoms with Gasteiger partial charge in [0, 0.05) is 13.1 Å². The van der Waals surface area contributed by atoms with Gasteiger partial charge in [0.05, 0.1) is 5.69 Å². The van der Waals surface area contributed by atoms with E-state index >= 15 is 0 Å². The average Bonchev–Trinajstić information content (AvgIpc) is 2.56. The second-order valence-corrected chi connectivity index (χ2v) is 5.11.